The normalized spacial score (nSPS) is 18.8. The third kappa shape index (κ3) is 6.11. The zero-order chi connectivity index (χ0) is 27.1. The molecule has 1 unspecified atom stereocenters. The number of fused-ring (bicyclic) bond motifs is 1. The van der Waals surface area contributed by atoms with Crippen molar-refractivity contribution in [1.82, 2.24) is 25.4 Å². The summed E-state index contributed by atoms with van der Waals surface area (Å²) in [6, 6.07) is -1.02. The van der Waals surface area contributed by atoms with E-state index in [2.05, 4.69) is 35.7 Å². The van der Waals surface area contributed by atoms with Crippen LogP contribution in [0.15, 0.2) is 31.7 Å². The second-order valence-electron chi connectivity index (χ2n) is 7.15. The number of thiazole rings is 1. The van der Waals surface area contributed by atoms with Crippen LogP contribution in [0.25, 0.3) is 0 Å². The molecule has 200 valence electrons. The minimum absolute atomic E-state index is 0.0650. The lowest BCUT2D eigenvalue weighted by Gasteiger charge is -2.49. The fraction of sp³-hybridized carbons (Fsp3) is 0.316. The van der Waals surface area contributed by atoms with Crippen LogP contribution in [0.4, 0.5) is 5.13 Å². The van der Waals surface area contributed by atoms with Gasteiger partial charge in [0.05, 0.1) is 0 Å². The first kappa shape index (κ1) is 27.5. The van der Waals surface area contributed by atoms with E-state index in [0.717, 1.165) is 16.2 Å². The van der Waals surface area contributed by atoms with E-state index >= 15 is 0 Å². The van der Waals surface area contributed by atoms with E-state index in [9.17, 15) is 29.1 Å². The molecule has 3 amide bonds. The van der Waals surface area contributed by atoms with E-state index in [1.54, 1.807) is 5.51 Å². The number of nitrogens with zero attached hydrogens (tertiary/aromatic N) is 5. The number of hydrogen-bond donors (Lipinski definition) is 3. The van der Waals surface area contributed by atoms with E-state index in [1.807, 2.05) is 0 Å². The molecule has 0 saturated carbocycles. The molecule has 15 nitrogen and oxygen atoms in total. The average molecular weight is 600 g/mol. The maximum absolute atomic E-state index is 13.1. The molecule has 38 heavy (non-hydrogen) atoms. The SMILES string of the molecule is O=CNc1nc(C(=NOCCOC=O)C(=O)NC2C(=O)N3C(C(=O)O)=C(CSc4nncs4)CS[C@@H]23)cs1. The van der Waals surface area contributed by atoms with Gasteiger partial charge in [-0.25, -0.2) is 9.78 Å². The Hall–Kier alpha value is -3.55. The van der Waals surface area contributed by atoms with Crippen molar-refractivity contribution in [3.63, 3.8) is 0 Å². The van der Waals surface area contributed by atoms with Crippen LogP contribution < -0.4 is 10.6 Å². The quantitative estimate of drug-likeness (QED) is 0.0654. The maximum Gasteiger partial charge on any atom is 0.352 e. The van der Waals surface area contributed by atoms with Gasteiger partial charge in [-0.05, 0) is 5.57 Å². The van der Waals surface area contributed by atoms with Crippen molar-refractivity contribution in [1.29, 1.82) is 0 Å². The van der Waals surface area contributed by atoms with Gasteiger partial charge in [0.1, 0.15) is 34.9 Å². The summed E-state index contributed by atoms with van der Waals surface area (Å²) in [6.45, 7) is -0.0392. The number of hydrogen-bond acceptors (Lipinski definition) is 15. The molecular formula is C19H17N7O8S4. The van der Waals surface area contributed by atoms with Gasteiger partial charge in [-0.3, -0.25) is 24.1 Å². The molecule has 0 aliphatic carbocycles. The lowest BCUT2D eigenvalue weighted by atomic mass is 10.0. The fourth-order valence-electron chi connectivity index (χ4n) is 3.33. The summed E-state index contributed by atoms with van der Waals surface area (Å²) in [6.07, 6.45) is 0.419. The topological polar surface area (TPSA) is 202 Å². The highest BCUT2D eigenvalue weighted by atomic mass is 32.2. The number of ether oxygens (including phenoxy) is 1. The molecule has 1 saturated heterocycles. The van der Waals surface area contributed by atoms with Crippen LogP contribution in [-0.2, 0) is 33.5 Å². The molecule has 0 bridgehead atoms. The van der Waals surface area contributed by atoms with Crippen LogP contribution in [0, 0.1) is 0 Å². The van der Waals surface area contributed by atoms with Gasteiger partial charge < -0.3 is 25.3 Å². The number of amides is 3. The zero-order valence-corrected chi connectivity index (χ0v) is 22.2. The molecule has 4 rings (SSSR count). The molecule has 2 aliphatic heterocycles. The fourth-order valence-corrected chi connectivity index (χ4v) is 6.95. The van der Waals surface area contributed by atoms with Gasteiger partial charge in [-0.15, -0.1) is 33.3 Å². The van der Waals surface area contributed by atoms with Crippen molar-refractivity contribution in [3.05, 3.63) is 27.9 Å². The number of carbonyl (C=O) groups is 5. The Morgan fingerprint density at radius 1 is 1.32 bits per heavy atom. The predicted molar refractivity (Wildman–Crippen MR) is 137 cm³/mol. The number of anilines is 1. The minimum Gasteiger partial charge on any atom is -0.477 e. The molecule has 2 atom stereocenters. The van der Waals surface area contributed by atoms with Gasteiger partial charge in [0.2, 0.25) is 6.41 Å². The number of oxime groups is 1. The van der Waals surface area contributed by atoms with Crippen LogP contribution in [-0.4, -0.2) is 97.7 Å². The van der Waals surface area contributed by atoms with Crippen molar-refractivity contribution < 1.29 is 38.7 Å². The number of thioether (sulfide) groups is 2. The first-order valence-corrected chi connectivity index (χ1v) is 14.2. The highest BCUT2D eigenvalue weighted by Crippen LogP contribution is 2.41. The Bertz CT molecular complexity index is 1280. The highest BCUT2D eigenvalue weighted by molar-refractivity contribution is 8.01. The van der Waals surface area contributed by atoms with Gasteiger partial charge in [0.15, 0.2) is 21.8 Å². The second kappa shape index (κ2) is 12.8. The lowest BCUT2D eigenvalue weighted by molar-refractivity contribution is -0.150. The zero-order valence-electron chi connectivity index (χ0n) is 19.0. The number of rotatable bonds is 14. The smallest absolute Gasteiger partial charge is 0.352 e. The van der Waals surface area contributed by atoms with Crippen LogP contribution >= 0.6 is 46.2 Å². The third-order valence-corrected chi connectivity index (χ3v) is 8.97. The molecule has 19 heteroatoms. The molecule has 0 aromatic carbocycles. The van der Waals surface area contributed by atoms with Gasteiger partial charge >= 0.3 is 5.97 Å². The van der Waals surface area contributed by atoms with E-state index in [-0.39, 0.29) is 41.9 Å². The highest BCUT2D eigenvalue weighted by Gasteiger charge is 2.54. The summed E-state index contributed by atoms with van der Waals surface area (Å²) in [5.74, 6) is -1.98. The number of aromatic nitrogens is 3. The first-order chi connectivity index (χ1) is 18.4. The Morgan fingerprint density at radius 2 is 2.16 bits per heavy atom. The van der Waals surface area contributed by atoms with Crippen LogP contribution in [0.1, 0.15) is 5.69 Å². The van der Waals surface area contributed by atoms with Crippen molar-refractivity contribution in [3.8, 4) is 0 Å². The maximum atomic E-state index is 13.1. The number of carbonyl (C=O) groups excluding carboxylic acids is 4. The number of nitrogens with one attached hydrogen (secondary N) is 2. The van der Waals surface area contributed by atoms with Gasteiger partial charge in [0, 0.05) is 16.9 Å². The van der Waals surface area contributed by atoms with Crippen molar-refractivity contribution in [2.24, 2.45) is 5.16 Å². The first-order valence-electron chi connectivity index (χ1n) is 10.5. The number of β-lactam (4-membered cyclic amide) rings is 1. The number of carboxylic acid groups (broad SMARTS) is 1. The molecule has 1 fully saturated rings. The molecule has 0 spiro atoms. The van der Waals surface area contributed by atoms with Crippen LogP contribution in [0.5, 0.6) is 0 Å². The number of aliphatic carboxylic acids is 1. The predicted octanol–water partition coefficient (Wildman–Crippen LogP) is -0.0125. The van der Waals surface area contributed by atoms with E-state index in [1.165, 1.54) is 40.2 Å². The van der Waals surface area contributed by atoms with Crippen molar-refractivity contribution >= 4 is 87.7 Å². The van der Waals surface area contributed by atoms with Gasteiger partial charge in [-0.1, -0.05) is 28.3 Å². The largest absolute Gasteiger partial charge is 0.477 e. The van der Waals surface area contributed by atoms with E-state index in [4.69, 9.17) is 4.84 Å². The van der Waals surface area contributed by atoms with E-state index in [0.29, 0.717) is 27.8 Å². The molecule has 2 aliphatic rings. The molecule has 4 heterocycles. The average Bonchev–Trinajstić information content (AvgIpc) is 3.60. The summed E-state index contributed by atoms with van der Waals surface area (Å²) < 4.78 is 5.18. The van der Waals surface area contributed by atoms with Crippen LogP contribution in [0.2, 0.25) is 0 Å². The Kier molecular flexibility index (Phi) is 9.26. The third-order valence-electron chi connectivity index (χ3n) is 4.91. The van der Waals surface area contributed by atoms with Crippen molar-refractivity contribution in [2.75, 3.05) is 30.0 Å². The summed E-state index contributed by atoms with van der Waals surface area (Å²) in [5, 5.41) is 27.2. The number of carboxylic acids is 1. The minimum atomic E-state index is -1.24. The standard InChI is InChI=1S/C19H17N7O8S4/c27-6-20-18-22-10(5-36-18)11(25-34-2-1-33-8-28)14(29)23-12-15(30)26-13(17(31)32)9(3-35-16(12)26)4-37-19-24-21-7-38-19/h5-8,12,16H,1-4H2,(H,23,29)(H,31,32)(H,20,22,27)/t12?,16-/m0/s1. The van der Waals surface area contributed by atoms with Gasteiger partial charge in [0.25, 0.3) is 18.3 Å². The molecule has 0 radical (unpaired) electrons. The molecule has 3 N–H and O–H groups in total. The monoisotopic (exact) mass is 599 g/mol. The van der Waals surface area contributed by atoms with Crippen molar-refractivity contribution in [2.45, 2.75) is 15.8 Å². The Labute approximate surface area is 230 Å². The second-order valence-corrected chi connectivity index (χ2v) is 11.2. The van der Waals surface area contributed by atoms with Gasteiger partial charge in [-0.2, -0.15) is 0 Å². The Morgan fingerprint density at radius 3 is 2.87 bits per heavy atom. The summed E-state index contributed by atoms with van der Waals surface area (Å²) in [4.78, 5) is 69.4. The Balaban J connectivity index is 1.48. The molecule has 2 aromatic rings. The summed E-state index contributed by atoms with van der Waals surface area (Å²) in [7, 11) is 0. The summed E-state index contributed by atoms with van der Waals surface area (Å²) >= 11 is 5.00. The van der Waals surface area contributed by atoms with E-state index < -0.39 is 29.2 Å². The molecular weight excluding hydrogens is 583 g/mol. The van der Waals surface area contributed by atoms with Crippen LogP contribution in [0.3, 0.4) is 0 Å². The summed E-state index contributed by atoms with van der Waals surface area (Å²) in [5.41, 5.74) is 1.79. The lowest BCUT2D eigenvalue weighted by Crippen LogP contribution is -2.71. The molecule has 2 aromatic heterocycles.